The van der Waals surface area contributed by atoms with Gasteiger partial charge in [0.05, 0.1) is 15.9 Å². The predicted octanol–water partition coefficient (Wildman–Crippen LogP) is 5.59. The van der Waals surface area contributed by atoms with Crippen LogP contribution in [0.1, 0.15) is 57.3 Å². The fourth-order valence-corrected chi connectivity index (χ4v) is 5.45. The molecule has 1 aromatic heterocycles. The Morgan fingerprint density at radius 2 is 1.92 bits per heavy atom. The molecule has 198 valence electrons. The molecular weight excluding hydrogens is 488 g/mol. The molecule has 0 spiro atoms. The van der Waals surface area contributed by atoms with Gasteiger partial charge in [0.2, 0.25) is 0 Å². The van der Waals surface area contributed by atoms with Crippen LogP contribution in [0, 0.1) is 5.41 Å². The number of hydrogen-bond donors (Lipinski definition) is 1. The molecule has 2 heterocycles. The van der Waals surface area contributed by atoms with E-state index in [1.54, 1.807) is 6.07 Å². The number of alkyl carbamates (subject to hydrolysis) is 1. The Bertz CT molecular complexity index is 1290. The maximum atomic E-state index is 13.7. The average Bonchev–Trinajstić information content (AvgIpc) is 2.85. The molecular formula is C29H37ClN4O3. The number of fused-ring (bicyclic) bond motifs is 1. The zero-order valence-electron chi connectivity index (χ0n) is 22.2. The Labute approximate surface area is 223 Å². The second-order valence-corrected chi connectivity index (χ2v) is 11.5. The highest BCUT2D eigenvalue weighted by Crippen LogP contribution is 2.34. The Hall–Kier alpha value is -2.90. The minimum absolute atomic E-state index is 0.0549. The number of carbonyl (C=O) groups excluding carboxylic acids is 1. The molecule has 1 aliphatic heterocycles. The number of hydrogen-bond acceptors (Lipinski definition) is 5. The van der Waals surface area contributed by atoms with Gasteiger partial charge in [-0.25, -0.2) is 9.78 Å². The molecule has 7 nitrogen and oxygen atoms in total. The van der Waals surface area contributed by atoms with Gasteiger partial charge in [-0.05, 0) is 56.0 Å². The molecule has 1 fully saturated rings. The van der Waals surface area contributed by atoms with Crippen LogP contribution in [0.2, 0.25) is 5.02 Å². The molecule has 0 radical (unpaired) electrons. The molecule has 3 aromatic rings. The number of amides is 1. The molecule has 37 heavy (non-hydrogen) atoms. The van der Waals surface area contributed by atoms with E-state index >= 15 is 0 Å². The predicted molar refractivity (Wildman–Crippen MR) is 148 cm³/mol. The summed E-state index contributed by atoms with van der Waals surface area (Å²) in [5.74, 6) is 0.859. The smallest absolute Gasteiger partial charge is 0.407 e. The van der Waals surface area contributed by atoms with E-state index in [4.69, 9.17) is 21.3 Å². The van der Waals surface area contributed by atoms with E-state index in [-0.39, 0.29) is 29.5 Å². The number of nitrogens with zero attached hydrogens (tertiary/aromatic N) is 3. The van der Waals surface area contributed by atoms with E-state index in [1.165, 1.54) is 0 Å². The van der Waals surface area contributed by atoms with E-state index < -0.39 is 6.09 Å². The summed E-state index contributed by atoms with van der Waals surface area (Å²) in [5, 5.41) is 3.80. The third kappa shape index (κ3) is 6.70. The summed E-state index contributed by atoms with van der Waals surface area (Å²) in [6, 6.07) is 15.2. The molecule has 1 N–H and O–H groups in total. The number of nitrogens with one attached hydrogen (secondary N) is 1. The number of halogens is 1. The van der Waals surface area contributed by atoms with Crippen LogP contribution in [-0.4, -0.2) is 46.7 Å². The van der Waals surface area contributed by atoms with Crippen LogP contribution in [0.5, 0.6) is 0 Å². The van der Waals surface area contributed by atoms with Gasteiger partial charge >= 0.3 is 6.09 Å². The number of benzene rings is 2. The summed E-state index contributed by atoms with van der Waals surface area (Å²) < 4.78 is 7.21. The van der Waals surface area contributed by atoms with Crippen LogP contribution in [0.3, 0.4) is 0 Å². The van der Waals surface area contributed by atoms with Gasteiger partial charge in [0.15, 0.2) is 0 Å². The van der Waals surface area contributed by atoms with Gasteiger partial charge in [0.25, 0.3) is 5.56 Å². The lowest BCUT2D eigenvalue weighted by atomic mass is 9.85. The fraction of sp³-hybridized carbons (Fsp3) is 0.483. The fourth-order valence-electron chi connectivity index (χ4n) is 5.20. The first-order chi connectivity index (χ1) is 17.6. The lowest BCUT2D eigenvalue weighted by Gasteiger charge is -2.40. The van der Waals surface area contributed by atoms with Gasteiger partial charge in [-0.2, -0.15) is 0 Å². The molecule has 8 heteroatoms. The Kier molecular flexibility index (Phi) is 8.55. The minimum Gasteiger partial charge on any atom is -0.445 e. The first kappa shape index (κ1) is 27.1. The summed E-state index contributed by atoms with van der Waals surface area (Å²) in [7, 11) is 2.11. The Morgan fingerprint density at radius 1 is 1.16 bits per heavy atom. The molecule has 4 rings (SSSR count). The number of likely N-dealkylation sites (tertiary alicyclic amines) is 1. The highest BCUT2D eigenvalue weighted by molar-refractivity contribution is 6.35. The van der Waals surface area contributed by atoms with Crippen molar-refractivity contribution in [1.82, 2.24) is 19.8 Å². The molecule has 2 atom stereocenters. The SMILES string of the molecule is CN1CCCC(c2nc3cccc(Cl)c3c(=O)n2CC(C)(C)C)C1CCNC(=O)OCc1ccccc1. The molecule has 0 bridgehead atoms. The van der Waals surface area contributed by atoms with Crippen molar-refractivity contribution < 1.29 is 9.53 Å². The van der Waals surface area contributed by atoms with Gasteiger partial charge in [-0.3, -0.25) is 9.36 Å². The standard InChI is InChI=1S/C29H37ClN4O3/c1-29(2,3)19-34-26(32-23-14-8-13-22(30)25(23)27(34)35)21-12-9-17-33(4)24(21)15-16-31-28(36)37-18-20-10-6-5-7-11-20/h5-8,10-11,13-14,21,24H,9,12,15-19H2,1-4H3,(H,31,36). The Morgan fingerprint density at radius 3 is 2.65 bits per heavy atom. The summed E-state index contributed by atoms with van der Waals surface area (Å²) in [6.07, 6.45) is 2.24. The maximum Gasteiger partial charge on any atom is 0.407 e. The van der Waals surface area contributed by atoms with Crippen molar-refractivity contribution in [3.05, 3.63) is 75.3 Å². The quantitative estimate of drug-likeness (QED) is 0.436. The van der Waals surface area contributed by atoms with E-state index in [9.17, 15) is 9.59 Å². The molecule has 0 saturated carbocycles. The van der Waals surface area contributed by atoms with Crippen LogP contribution in [0.15, 0.2) is 53.3 Å². The van der Waals surface area contributed by atoms with E-state index in [2.05, 4.69) is 38.0 Å². The zero-order chi connectivity index (χ0) is 26.6. The zero-order valence-corrected chi connectivity index (χ0v) is 22.9. The van der Waals surface area contributed by atoms with Crippen LogP contribution < -0.4 is 10.9 Å². The molecule has 1 amide bonds. The van der Waals surface area contributed by atoms with Gasteiger partial charge in [-0.15, -0.1) is 0 Å². The van der Waals surface area contributed by atoms with E-state index in [1.807, 2.05) is 47.0 Å². The lowest BCUT2D eigenvalue weighted by molar-refractivity contribution is 0.128. The summed E-state index contributed by atoms with van der Waals surface area (Å²) >= 11 is 6.44. The molecule has 2 aromatic carbocycles. The van der Waals surface area contributed by atoms with Crippen molar-refractivity contribution in [2.75, 3.05) is 20.1 Å². The monoisotopic (exact) mass is 524 g/mol. The number of rotatable bonds is 7. The molecule has 1 saturated heterocycles. The largest absolute Gasteiger partial charge is 0.445 e. The van der Waals surface area contributed by atoms with E-state index in [0.717, 1.165) is 37.2 Å². The van der Waals surface area contributed by atoms with Gasteiger partial charge in [-0.1, -0.05) is 68.8 Å². The first-order valence-corrected chi connectivity index (χ1v) is 13.4. The third-order valence-corrected chi connectivity index (χ3v) is 7.22. The number of aromatic nitrogens is 2. The number of piperidine rings is 1. The number of likely N-dealkylation sites (N-methyl/N-ethyl adjacent to an activating group) is 1. The lowest BCUT2D eigenvalue weighted by Crippen LogP contribution is -2.46. The van der Waals surface area contributed by atoms with Gasteiger partial charge in [0.1, 0.15) is 12.4 Å². The molecule has 2 unspecified atom stereocenters. The van der Waals surface area contributed by atoms with Crippen LogP contribution in [-0.2, 0) is 17.9 Å². The summed E-state index contributed by atoms with van der Waals surface area (Å²) in [5.41, 5.74) is 1.38. The first-order valence-electron chi connectivity index (χ1n) is 13.0. The van der Waals surface area contributed by atoms with Crippen LogP contribution >= 0.6 is 11.6 Å². The van der Waals surface area contributed by atoms with Gasteiger partial charge in [0, 0.05) is 25.0 Å². The van der Waals surface area contributed by atoms with Crippen molar-refractivity contribution in [3.63, 3.8) is 0 Å². The van der Waals surface area contributed by atoms with Crippen molar-refractivity contribution >= 4 is 28.6 Å². The van der Waals surface area contributed by atoms with Gasteiger partial charge < -0.3 is 15.0 Å². The maximum absolute atomic E-state index is 13.7. The van der Waals surface area contributed by atoms with Crippen molar-refractivity contribution in [3.8, 4) is 0 Å². The molecule has 0 aliphatic carbocycles. The number of carbonyl (C=O) groups is 1. The van der Waals surface area contributed by atoms with Crippen LogP contribution in [0.4, 0.5) is 4.79 Å². The van der Waals surface area contributed by atoms with Crippen molar-refractivity contribution in [1.29, 1.82) is 0 Å². The third-order valence-electron chi connectivity index (χ3n) is 6.91. The topological polar surface area (TPSA) is 76.5 Å². The second kappa shape index (κ2) is 11.7. The Balaban J connectivity index is 1.55. The van der Waals surface area contributed by atoms with E-state index in [0.29, 0.717) is 29.0 Å². The second-order valence-electron chi connectivity index (χ2n) is 11.1. The highest BCUT2D eigenvalue weighted by atomic mass is 35.5. The number of ether oxygens (including phenoxy) is 1. The minimum atomic E-state index is -0.429. The molecule has 1 aliphatic rings. The summed E-state index contributed by atoms with van der Waals surface area (Å²) in [6.45, 7) is 8.58. The highest BCUT2D eigenvalue weighted by Gasteiger charge is 2.34. The summed E-state index contributed by atoms with van der Waals surface area (Å²) in [4.78, 5) is 33.4. The normalized spacial score (nSPS) is 18.6. The van der Waals surface area contributed by atoms with Crippen molar-refractivity contribution in [2.24, 2.45) is 5.41 Å². The van der Waals surface area contributed by atoms with Crippen LogP contribution in [0.25, 0.3) is 10.9 Å². The average molecular weight is 525 g/mol. The van der Waals surface area contributed by atoms with Crippen molar-refractivity contribution in [2.45, 2.75) is 65.1 Å².